The van der Waals surface area contributed by atoms with E-state index in [2.05, 4.69) is 73.7 Å². The van der Waals surface area contributed by atoms with Crippen LogP contribution in [0.15, 0.2) is 95.3 Å². The summed E-state index contributed by atoms with van der Waals surface area (Å²) in [4.78, 5) is 0. The van der Waals surface area contributed by atoms with Crippen LogP contribution in [0.1, 0.15) is 30.9 Å². The van der Waals surface area contributed by atoms with Crippen LogP contribution in [-0.4, -0.2) is 0 Å². The molecule has 2 aliphatic carbocycles. The second-order valence-electron chi connectivity index (χ2n) is 7.18. The van der Waals surface area contributed by atoms with E-state index in [4.69, 9.17) is 5.73 Å². The van der Waals surface area contributed by atoms with Crippen molar-refractivity contribution in [3.8, 4) is 11.1 Å². The molecule has 0 saturated carbocycles. The first-order valence-corrected chi connectivity index (χ1v) is 9.41. The monoisotopic (exact) mass is 339 g/mol. The predicted octanol–water partition coefficient (Wildman–Crippen LogP) is 5.89. The van der Waals surface area contributed by atoms with Crippen molar-refractivity contribution < 1.29 is 0 Å². The lowest BCUT2D eigenvalue weighted by Crippen LogP contribution is -2.07. The average molecular weight is 339 g/mol. The Balaban J connectivity index is 2.00. The minimum absolute atomic E-state index is 0.939. The highest BCUT2D eigenvalue weighted by molar-refractivity contribution is 5.72. The number of hydrogen-bond donors (Lipinski definition) is 1. The van der Waals surface area contributed by atoms with Crippen LogP contribution < -0.4 is 5.73 Å². The van der Waals surface area contributed by atoms with Crippen molar-refractivity contribution in [1.29, 1.82) is 0 Å². The zero-order valence-electron chi connectivity index (χ0n) is 15.3. The Morgan fingerprint density at radius 3 is 2.23 bits per heavy atom. The molecule has 2 aliphatic rings. The summed E-state index contributed by atoms with van der Waals surface area (Å²) in [5.74, 6) is 0. The number of hydrogen-bond acceptors (Lipinski definition) is 1. The van der Waals surface area contributed by atoms with Crippen LogP contribution in [-0.2, 0) is 12.8 Å². The molecular formula is C25H25N. The van der Waals surface area contributed by atoms with Gasteiger partial charge in [-0.1, -0.05) is 71.8 Å². The normalized spacial score (nSPS) is 19.9. The molecular weight excluding hydrogens is 314 g/mol. The maximum Gasteiger partial charge on any atom is -0.00516 e. The number of allylic oxidation sites excluding steroid dienone is 7. The molecule has 0 unspecified atom stereocenters. The lowest BCUT2D eigenvalue weighted by molar-refractivity contribution is 0.891. The molecule has 0 amide bonds. The standard InChI is InChI=1S/C25H25N/c1-18-16-19-8-2-6-12-24(19)25-13-7-4-10-21(25)17-20-9-3-5-11-23(20)22(18)14-15-26/h2,4-8,10-15H,3,9,16-17,26H2,1H3/b15-14-,22-18-. The zero-order chi connectivity index (χ0) is 17.9. The van der Waals surface area contributed by atoms with Crippen molar-refractivity contribution in [2.24, 2.45) is 5.73 Å². The fourth-order valence-corrected chi connectivity index (χ4v) is 4.22. The molecule has 0 bridgehead atoms. The summed E-state index contributed by atoms with van der Waals surface area (Å²) in [6.45, 7) is 2.24. The van der Waals surface area contributed by atoms with E-state index in [9.17, 15) is 0 Å². The zero-order valence-corrected chi connectivity index (χ0v) is 15.3. The molecule has 2 N–H and O–H groups in total. The van der Waals surface area contributed by atoms with Crippen LogP contribution in [0.5, 0.6) is 0 Å². The Morgan fingerprint density at radius 1 is 0.885 bits per heavy atom. The highest BCUT2D eigenvalue weighted by Crippen LogP contribution is 2.36. The van der Waals surface area contributed by atoms with Gasteiger partial charge in [0.05, 0.1) is 0 Å². The maximum atomic E-state index is 5.81. The van der Waals surface area contributed by atoms with Crippen molar-refractivity contribution >= 4 is 0 Å². The van der Waals surface area contributed by atoms with E-state index in [1.54, 1.807) is 6.20 Å². The van der Waals surface area contributed by atoms with Crippen molar-refractivity contribution in [2.45, 2.75) is 32.6 Å². The van der Waals surface area contributed by atoms with E-state index in [0.29, 0.717) is 0 Å². The summed E-state index contributed by atoms with van der Waals surface area (Å²) < 4.78 is 0. The maximum absolute atomic E-state index is 5.81. The first-order valence-electron chi connectivity index (χ1n) is 9.41. The number of rotatable bonds is 1. The lowest BCUT2D eigenvalue weighted by Gasteiger charge is -2.23. The largest absolute Gasteiger partial charge is 0.405 e. The van der Waals surface area contributed by atoms with Crippen molar-refractivity contribution in [2.75, 3.05) is 0 Å². The molecule has 130 valence electrons. The summed E-state index contributed by atoms with van der Waals surface area (Å²) in [5, 5.41) is 0. The van der Waals surface area contributed by atoms with Gasteiger partial charge in [-0.3, -0.25) is 0 Å². The van der Waals surface area contributed by atoms with Gasteiger partial charge in [-0.2, -0.15) is 0 Å². The van der Waals surface area contributed by atoms with Gasteiger partial charge in [0.25, 0.3) is 0 Å². The Morgan fingerprint density at radius 2 is 1.54 bits per heavy atom. The van der Waals surface area contributed by atoms with Crippen molar-refractivity contribution in [1.82, 2.24) is 0 Å². The fourth-order valence-electron chi connectivity index (χ4n) is 4.22. The predicted molar refractivity (Wildman–Crippen MR) is 111 cm³/mol. The molecule has 2 aromatic rings. The molecule has 0 saturated heterocycles. The third-order valence-electron chi connectivity index (χ3n) is 5.48. The Labute approximate surface area is 156 Å². The second kappa shape index (κ2) is 7.21. The van der Waals surface area contributed by atoms with Gasteiger partial charge in [-0.05, 0) is 78.3 Å². The number of nitrogens with two attached hydrogens (primary N) is 1. The minimum atomic E-state index is 0.939. The summed E-state index contributed by atoms with van der Waals surface area (Å²) in [6, 6.07) is 17.7. The molecule has 4 rings (SSSR count). The molecule has 0 aromatic heterocycles. The van der Waals surface area contributed by atoms with E-state index < -0.39 is 0 Å². The third-order valence-corrected chi connectivity index (χ3v) is 5.48. The van der Waals surface area contributed by atoms with Crippen LogP contribution in [0.3, 0.4) is 0 Å². The third kappa shape index (κ3) is 3.06. The SMILES string of the molecule is C/C1=C(\C=C/N)C2=C(CCC=C2)Cc2ccccc2-c2ccccc2C1. The van der Waals surface area contributed by atoms with Gasteiger partial charge in [-0.25, -0.2) is 0 Å². The molecule has 0 spiro atoms. The number of benzene rings is 2. The van der Waals surface area contributed by atoms with E-state index in [-0.39, 0.29) is 0 Å². The molecule has 1 heteroatoms. The molecule has 0 aliphatic heterocycles. The summed E-state index contributed by atoms with van der Waals surface area (Å²) in [5.41, 5.74) is 16.9. The fraction of sp³-hybridized carbons (Fsp3) is 0.200. The summed E-state index contributed by atoms with van der Waals surface area (Å²) >= 11 is 0. The molecule has 0 radical (unpaired) electrons. The quantitative estimate of drug-likeness (QED) is 0.689. The minimum Gasteiger partial charge on any atom is -0.405 e. The van der Waals surface area contributed by atoms with Crippen LogP contribution in [0.25, 0.3) is 11.1 Å². The topological polar surface area (TPSA) is 26.0 Å². The first-order chi connectivity index (χ1) is 12.8. The van der Waals surface area contributed by atoms with Gasteiger partial charge < -0.3 is 5.73 Å². The Hall–Kier alpha value is -2.80. The van der Waals surface area contributed by atoms with Gasteiger partial charge in [0.1, 0.15) is 0 Å². The van der Waals surface area contributed by atoms with Gasteiger partial charge in [0, 0.05) is 0 Å². The smallest absolute Gasteiger partial charge is 0.00516 e. The summed E-state index contributed by atoms with van der Waals surface area (Å²) in [6.07, 6.45) is 12.5. The highest BCUT2D eigenvalue weighted by Gasteiger charge is 2.18. The molecule has 0 heterocycles. The van der Waals surface area contributed by atoms with Crippen molar-refractivity contribution in [3.63, 3.8) is 0 Å². The van der Waals surface area contributed by atoms with Gasteiger partial charge in [0.15, 0.2) is 0 Å². The van der Waals surface area contributed by atoms with Gasteiger partial charge >= 0.3 is 0 Å². The average Bonchev–Trinajstić information content (AvgIpc) is 2.67. The van der Waals surface area contributed by atoms with E-state index >= 15 is 0 Å². The lowest BCUT2D eigenvalue weighted by atomic mass is 9.81. The first kappa shape index (κ1) is 16.7. The van der Waals surface area contributed by atoms with Crippen LogP contribution in [0, 0.1) is 0 Å². The molecule has 26 heavy (non-hydrogen) atoms. The molecule has 2 aromatic carbocycles. The van der Waals surface area contributed by atoms with E-state index in [1.165, 1.54) is 44.5 Å². The molecule has 1 nitrogen and oxygen atoms in total. The van der Waals surface area contributed by atoms with E-state index in [1.807, 2.05) is 0 Å². The molecule has 0 atom stereocenters. The second-order valence-corrected chi connectivity index (χ2v) is 7.18. The molecule has 0 fully saturated rings. The van der Waals surface area contributed by atoms with Crippen LogP contribution >= 0.6 is 0 Å². The summed E-state index contributed by atoms with van der Waals surface area (Å²) in [7, 11) is 0. The van der Waals surface area contributed by atoms with Gasteiger partial charge in [-0.15, -0.1) is 0 Å². The Kier molecular flexibility index (Phi) is 4.62. The van der Waals surface area contributed by atoms with Crippen LogP contribution in [0.4, 0.5) is 0 Å². The van der Waals surface area contributed by atoms with Crippen molar-refractivity contribution in [3.05, 3.63) is 106 Å². The Bertz CT molecular complexity index is 952. The number of fused-ring (bicyclic) bond motifs is 3. The van der Waals surface area contributed by atoms with Crippen LogP contribution in [0.2, 0.25) is 0 Å². The highest BCUT2D eigenvalue weighted by atomic mass is 14.5. The van der Waals surface area contributed by atoms with Gasteiger partial charge in [0.2, 0.25) is 0 Å². The van der Waals surface area contributed by atoms with E-state index in [0.717, 1.165) is 25.7 Å².